The van der Waals surface area contributed by atoms with E-state index in [2.05, 4.69) is 0 Å². The first kappa shape index (κ1) is 9.65. The minimum absolute atomic E-state index is 0.109. The Labute approximate surface area is 87.4 Å². The van der Waals surface area contributed by atoms with Gasteiger partial charge in [0, 0.05) is 17.2 Å². The van der Waals surface area contributed by atoms with E-state index in [9.17, 15) is 9.59 Å². The van der Waals surface area contributed by atoms with Crippen LogP contribution >= 0.6 is 0 Å². The van der Waals surface area contributed by atoms with Gasteiger partial charge in [0.1, 0.15) is 0 Å². The molecule has 0 spiro atoms. The molecule has 0 saturated carbocycles. The van der Waals surface area contributed by atoms with Crippen LogP contribution in [0.25, 0.3) is 0 Å². The second kappa shape index (κ2) is 3.35. The van der Waals surface area contributed by atoms with Crippen LogP contribution in [-0.2, 0) is 4.74 Å². The smallest absolute Gasteiger partial charge is 0.228 e. The molecule has 0 fully saturated rings. The molecular weight excluding hydrogens is 192 g/mol. The van der Waals surface area contributed by atoms with Crippen molar-refractivity contribution in [1.82, 2.24) is 0 Å². The maximum atomic E-state index is 11.8. The number of hydrogen-bond acceptors (Lipinski definition) is 3. The van der Waals surface area contributed by atoms with E-state index in [-0.39, 0.29) is 17.3 Å². The van der Waals surface area contributed by atoms with Gasteiger partial charge in [0.15, 0.2) is 11.5 Å². The predicted octanol–water partition coefficient (Wildman–Crippen LogP) is 1.90. The molecule has 0 aliphatic heterocycles. The first-order valence-electron chi connectivity index (χ1n) is 4.59. The SMILES string of the molecule is COC1=CC(=O)c2ccc(C)cc2C1=O. The third-order valence-electron chi connectivity index (χ3n) is 2.39. The molecule has 0 heterocycles. The topological polar surface area (TPSA) is 43.4 Å². The summed E-state index contributed by atoms with van der Waals surface area (Å²) < 4.78 is 4.86. The van der Waals surface area contributed by atoms with Crippen molar-refractivity contribution >= 4 is 11.6 Å². The number of Topliss-reactive ketones (excluding diaryl/α,β-unsaturated/α-hetero) is 1. The lowest BCUT2D eigenvalue weighted by Gasteiger charge is -2.14. The number of aryl methyl sites for hydroxylation is 1. The highest BCUT2D eigenvalue weighted by molar-refractivity contribution is 6.23. The van der Waals surface area contributed by atoms with Gasteiger partial charge in [-0.25, -0.2) is 0 Å². The lowest BCUT2D eigenvalue weighted by atomic mass is 9.92. The highest BCUT2D eigenvalue weighted by atomic mass is 16.5. The number of carbonyl (C=O) groups excluding carboxylic acids is 2. The van der Waals surface area contributed by atoms with Crippen molar-refractivity contribution in [2.75, 3.05) is 7.11 Å². The number of carbonyl (C=O) groups is 2. The van der Waals surface area contributed by atoms with Gasteiger partial charge in [0.2, 0.25) is 5.78 Å². The van der Waals surface area contributed by atoms with E-state index < -0.39 is 0 Å². The van der Waals surface area contributed by atoms with Gasteiger partial charge >= 0.3 is 0 Å². The molecule has 15 heavy (non-hydrogen) atoms. The number of rotatable bonds is 1. The molecule has 1 aliphatic rings. The lowest BCUT2D eigenvalue weighted by molar-refractivity contribution is 0.0916. The number of benzene rings is 1. The monoisotopic (exact) mass is 202 g/mol. The van der Waals surface area contributed by atoms with E-state index in [1.165, 1.54) is 13.2 Å². The Morgan fingerprint density at radius 2 is 1.87 bits per heavy atom. The molecule has 2 rings (SSSR count). The minimum Gasteiger partial charge on any atom is -0.492 e. The highest BCUT2D eigenvalue weighted by Crippen LogP contribution is 2.22. The summed E-state index contributed by atoms with van der Waals surface area (Å²) in [5, 5.41) is 0. The van der Waals surface area contributed by atoms with Gasteiger partial charge in [0.25, 0.3) is 0 Å². The molecule has 1 aromatic rings. The van der Waals surface area contributed by atoms with E-state index in [1.54, 1.807) is 12.1 Å². The van der Waals surface area contributed by atoms with Crippen molar-refractivity contribution in [3.05, 3.63) is 46.7 Å². The summed E-state index contributed by atoms with van der Waals surface area (Å²) in [5.41, 5.74) is 1.83. The van der Waals surface area contributed by atoms with E-state index >= 15 is 0 Å². The van der Waals surface area contributed by atoms with Crippen LogP contribution in [0.1, 0.15) is 26.3 Å². The van der Waals surface area contributed by atoms with Crippen LogP contribution in [0.3, 0.4) is 0 Å². The summed E-state index contributed by atoms with van der Waals surface area (Å²) >= 11 is 0. The van der Waals surface area contributed by atoms with Crippen LogP contribution in [0, 0.1) is 6.92 Å². The van der Waals surface area contributed by atoms with Crippen molar-refractivity contribution in [3.8, 4) is 0 Å². The van der Waals surface area contributed by atoms with E-state index in [1.807, 2.05) is 13.0 Å². The summed E-state index contributed by atoms with van der Waals surface area (Å²) in [6.45, 7) is 1.88. The molecule has 0 unspecified atom stereocenters. The molecule has 0 radical (unpaired) electrons. The lowest BCUT2D eigenvalue weighted by Crippen LogP contribution is -2.17. The molecule has 1 aromatic carbocycles. The van der Waals surface area contributed by atoms with Gasteiger partial charge < -0.3 is 4.74 Å². The summed E-state index contributed by atoms with van der Waals surface area (Å²) in [5.74, 6) is -0.296. The van der Waals surface area contributed by atoms with E-state index in [0.29, 0.717) is 11.1 Å². The third kappa shape index (κ3) is 1.46. The van der Waals surface area contributed by atoms with Crippen molar-refractivity contribution in [2.45, 2.75) is 6.92 Å². The Hall–Kier alpha value is -1.90. The molecule has 0 saturated heterocycles. The Morgan fingerprint density at radius 3 is 2.53 bits per heavy atom. The zero-order valence-corrected chi connectivity index (χ0v) is 8.53. The average molecular weight is 202 g/mol. The molecular formula is C12H10O3. The fraction of sp³-hybridized carbons (Fsp3) is 0.167. The second-order valence-electron chi connectivity index (χ2n) is 3.46. The van der Waals surface area contributed by atoms with Gasteiger partial charge in [-0.3, -0.25) is 9.59 Å². The zero-order valence-electron chi connectivity index (χ0n) is 8.53. The zero-order chi connectivity index (χ0) is 11.0. The van der Waals surface area contributed by atoms with Crippen LogP contribution < -0.4 is 0 Å². The normalized spacial score (nSPS) is 14.7. The largest absolute Gasteiger partial charge is 0.492 e. The quantitative estimate of drug-likeness (QED) is 0.698. The summed E-state index contributed by atoms with van der Waals surface area (Å²) in [6, 6.07) is 5.20. The summed E-state index contributed by atoms with van der Waals surface area (Å²) in [4.78, 5) is 23.4. The molecule has 0 aromatic heterocycles. The van der Waals surface area contributed by atoms with Crippen molar-refractivity contribution in [2.24, 2.45) is 0 Å². The molecule has 0 atom stereocenters. The van der Waals surface area contributed by atoms with Gasteiger partial charge in [-0.1, -0.05) is 17.7 Å². The standard InChI is InChI=1S/C12H10O3/c1-7-3-4-8-9(5-7)12(14)11(15-2)6-10(8)13/h3-6H,1-2H3. The molecule has 3 nitrogen and oxygen atoms in total. The number of hydrogen-bond donors (Lipinski definition) is 0. The number of allylic oxidation sites excluding steroid dienone is 2. The van der Waals surface area contributed by atoms with Crippen molar-refractivity contribution in [1.29, 1.82) is 0 Å². The number of fused-ring (bicyclic) bond motifs is 1. The Morgan fingerprint density at radius 1 is 1.13 bits per heavy atom. The molecule has 3 heteroatoms. The fourth-order valence-electron chi connectivity index (χ4n) is 1.61. The Bertz CT molecular complexity index is 484. The number of ketones is 2. The summed E-state index contributed by atoms with van der Waals surface area (Å²) in [7, 11) is 1.39. The van der Waals surface area contributed by atoms with E-state index in [4.69, 9.17) is 4.74 Å². The maximum Gasteiger partial charge on any atom is 0.228 e. The van der Waals surface area contributed by atoms with Gasteiger partial charge in [0.05, 0.1) is 7.11 Å². The predicted molar refractivity (Wildman–Crippen MR) is 54.9 cm³/mol. The Balaban J connectivity index is 2.62. The fourth-order valence-corrected chi connectivity index (χ4v) is 1.61. The molecule has 1 aliphatic carbocycles. The van der Waals surface area contributed by atoms with Crippen LogP contribution in [-0.4, -0.2) is 18.7 Å². The van der Waals surface area contributed by atoms with Crippen LogP contribution in [0.15, 0.2) is 30.0 Å². The Kier molecular flexibility index (Phi) is 2.15. The molecule has 0 N–H and O–H groups in total. The average Bonchev–Trinajstić information content (AvgIpc) is 2.23. The van der Waals surface area contributed by atoms with Crippen LogP contribution in [0.2, 0.25) is 0 Å². The van der Waals surface area contributed by atoms with Gasteiger partial charge in [-0.05, 0) is 13.0 Å². The maximum absolute atomic E-state index is 11.8. The van der Waals surface area contributed by atoms with Crippen LogP contribution in [0.5, 0.6) is 0 Å². The number of ether oxygens (including phenoxy) is 1. The van der Waals surface area contributed by atoms with Gasteiger partial charge in [-0.2, -0.15) is 0 Å². The summed E-state index contributed by atoms with van der Waals surface area (Å²) in [6.07, 6.45) is 1.24. The third-order valence-corrected chi connectivity index (χ3v) is 2.39. The van der Waals surface area contributed by atoms with Crippen molar-refractivity contribution in [3.63, 3.8) is 0 Å². The molecule has 76 valence electrons. The van der Waals surface area contributed by atoms with Crippen molar-refractivity contribution < 1.29 is 14.3 Å². The molecule has 0 amide bonds. The minimum atomic E-state index is -0.226. The first-order valence-corrected chi connectivity index (χ1v) is 4.59. The molecule has 0 bridgehead atoms. The highest BCUT2D eigenvalue weighted by Gasteiger charge is 2.25. The number of methoxy groups -OCH3 is 1. The van der Waals surface area contributed by atoms with Crippen LogP contribution in [0.4, 0.5) is 0 Å². The van der Waals surface area contributed by atoms with E-state index in [0.717, 1.165) is 5.56 Å². The second-order valence-corrected chi connectivity index (χ2v) is 3.46. The van der Waals surface area contributed by atoms with Gasteiger partial charge in [-0.15, -0.1) is 0 Å². The first-order chi connectivity index (χ1) is 7.13.